The number of anilines is 1. The number of nitrogens with zero attached hydrogens (tertiary/aromatic N) is 4. The van der Waals surface area contributed by atoms with E-state index in [-0.39, 0.29) is 23.7 Å². The SMILES string of the molecule is CN(C(=O)c1ccnc2[nH]ccc12)C1CCC(Nc2cccc3nc(C(F)F)cn23)CC1. The summed E-state index contributed by atoms with van der Waals surface area (Å²) < 4.78 is 27.7. The van der Waals surface area contributed by atoms with E-state index in [1.165, 1.54) is 6.20 Å². The summed E-state index contributed by atoms with van der Waals surface area (Å²) in [6, 6.07) is 9.40. The zero-order valence-corrected chi connectivity index (χ0v) is 17.6. The van der Waals surface area contributed by atoms with Crippen molar-refractivity contribution in [2.75, 3.05) is 12.4 Å². The molecule has 32 heavy (non-hydrogen) atoms. The van der Waals surface area contributed by atoms with E-state index in [4.69, 9.17) is 0 Å². The third-order valence-corrected chi connectivity index (χ3v) is 6.34. The van der Waals surface area contributed by atoms with E-state index in [1.807, 2.05) is 30.1 Å². The monoisotopic (exact) mass is 438 g/mol. The maximum Gasteiger partial charge on any atom is 0.281 e. The number of carbonyl (C=O) groups is 1. The van der Waals surface area contributed by atoms with Gasteiger partial charge >= 0.3 is 0 Å². The summed E-state index contributed by atoms with van der Waals surface area (Å²) in [5.74, 6) is 0.748. The standard InChI is InChI=1S/C23H24F2N6O/c1-30(23(32)17-10-12-27-22-16(17)9-11-26-22)15-7-5-14(6-8-15)28-19-3-2-4-20-29-18(21(24)25)13-31(19)20/h2-4,9-15,21,28H,5-8H2,1H3,(H,26,27). The van der Waals surface area contributed by atoms with E-state index < -0.39 is 6.43 Å². The molecule has 1 amide bonds. The highest BCUT2D eigenvalue weighted by Crippen LogP contribution is 2.28. The summed E-state index contributed by atoms with van der Waals surface area (Å²) in [4.78, 5) is 26.3. The van der Waals surface area contributed by atoms with Crippen molar-refractivity contribution < 1.29 is 13.6 Å². The Hall–Kier alpha value is -3.49. The zero-order valence-electron chi connectivity index (χ0n) is 17.6. The molecule has 4 heterocycles. The lowest BCUT2D eigenvalue weighted by atomic mass is 9.90. The Morgan fingerprint density at radius 1 is 1.22 bits per heavy atom. The summed E-state index contributed by atoms with van der Waals surface area (Å²) in [6.07, 6.45) is 5.71. The zero-order chi connectivity index (χ0) is 22.2. The van der Waals surface area contributed by atoms with Gasteiger partial charge in [-0.2, -0.15) is 0 Å². The molecule has 0 radical (unpaired) electrons. The van der Waals surface area contributed by atoms with Crippen molar-refractivity contribution in [1.29, 1.82) is 0 Å². The minimum Gasteiger partial charge on any atom is -0.368 e. The number of imidazole rings is 1. The molecule has 0 saturated heterocycles. The minimum absolute atomic E-state index is 0.00359. The van der Waals surface area contributed by atoms with Gasteiger partial charge in [-0.1, -0.05) is 6.07 Å². The fraction of sp³-hybridized carbons (Fsp3) is 0.348. The molecule has 1 fully saturated rings. The summed E-state index contributed by atoms with van der Waals surface area (Å²) >= 11 is 0. The molecule has 4 aromatic heterocycles. The minimum atomic E-state index is -2.60. The number of hydrogen-bond acceptors (Lipinski definition) is 4. The number of nitrogens with one attached hydrogen (secondary N) is 2. The topological polar surface area (TPSA) is 78.3 Å². The van der Waals surface area contributed by atoms with Crippen molar-refractivity contribution in [3.63, 3.8) is 0 Å². The molecule has 4 aromatic rings. The van der Waals surface area contributed by atoms with Crippen molar-refractivity contribution in [2.45, 2.75) is 44.2 Å². The Labute approximate surface area is 183 Å². The number of alkyl halides is 2. The van der Waals surface area contributed by atoms with E-state index in [2.05, 4.69) is 20.3 Å². The number of hydrogen-bond donors (Lipinski definition) is 2. The maximum atomic E-state index is 13.1. The molecule has 2 N–H and O–H groups in total. The highest BCUT2D eigenvalue weighted by molar-refractivity contribution is 6.05. The van der Waals surface area contributed by atoms with Crippen LogP contribution in [0, 0.1) is 0 Å². The number of fused-ring (bicyclic) bond motifs is 2. The molecular formula is C23H24F2N6O. The molecule has 0 bridgehead atoms. The smallest absolute Gasteiger partial charge is 0.281 e. The molecule has 0 unspecified atom stereocenters. The van der Waals surface area contributed by atoms with Gasteiger partial charge in [-0.25, -0.2) is 18.7 Å². The molecule has 7 nitrogen and oxygen atoms in total. The van der Waals surface area contributed by atoms with Gasteiger partial charge in [-0.05, 0) is 49.9 Å². The molecule has 0 spiro atoms. The van der Waals surface area contributed by atoms with E-state index in [0.717, 1.165) is 36.9 Å². The van der Waals surface area contributed by atoms with Gasteiger partial charge in [0.1, 0.15) is 22.8 Å². The summed E-state index contributed by atoms with van der Waals surface area (Å²) in [6.45, 7) is 0. The Balaban J connectivity index is 1.25. The molecule has 1 aliphatic rings. The Kier molecular flexibility index (Phi) is 5.24. The van der Waals surface area contributed by atoms with Crippen molar-refractivity contribution in [1.82, 2.24) is 24.3 Å². The van der Waals surface area contributed by atoms with E-state index in [9.17, 15) is 13.6 Å². The third kappa shape index (κ3) is 3.68. The molecule has 1 saturated carbocycles. The second-order valence-corrected chi connectivity index (χ2v) is 8.27. The molecule has 5 rings (SSSR count). The lowest BCUT2D eigenvalue weighted by Gasteiger charge is -2.35. The van der Waals surface area contributed by atoms with E-state index in [0.29, 0.717) is 16.9 Å². The number of rotatable bonds is 5. The van der Waals surface area contributed by atoms with Crippen LogP contribution in [0.3, 0.4) is 0 Å². The van der Waals surface area contributed by atoms with Crippen LogP contribution >= 0.6 is 0 Å². The second kappa shape index (κ2) is 8.22. The fourth-order valence-corrected chi connectivity index (χ4v) is 4.57. The van der Waals surface area contributed by atoms with E-state index >= 15 is 0 Å². The largest absolute Gasteiger partial charge is 0.368 e. The maximum absolute atomic E-state index is 13.1. The first kappa shape index (κ1) is 20.4. The second-order valence-electron chi connectivity index (χ2n) is 8.27. The van der Waals surface area contributed by atoms with Crippen LogP contribution in [0.4, 0.5) is 14.6 Å². The molecule has 0 aromatic carbocycles. The van der Waals surface area contributed by atoms with Crippen molar-refractivity contribution in [2.24, 2.45) is 0 Å². The summed E-state index contributed by atoms with van der Waals surface area (Å²) in [5, 5.41) is 4.31. The van der Waals surface area contributed by atoms with Crippen LogP contribution in [0.2, 0.25) is 0 Å². The number of pyridine rings is 2. The normalized spacial score (nSPS) is 19.0. The molecule has 0 atom stereocenters. The molecule has 0 aliphatic heterocycles. The number of halogens is 2. The average Bonchev–Trinajstić information content (AvgIpc) is 3.46. The average molecular weight is 438 g/mol. The van der Waals surface area contributed by atoms with Crippen LogP contribution < -0.4 is 5.32 Å². The molecule has 1 aliphatic carbocycles. The van der Waals surface area contributed by atoms with Gasteiger partial charge in [0.15, 0.2) is 0 Å². The van der Waals surface area contributed by atoms with Crippen molar-refractivity contribution >= 4 is 28.4 Å². The summed E-state index contributed by atoms with van der Waals surface area (Å²) in [5.41, 5.74) is 1.63. The van der Waals surface area contributed by atoms with Gasteiger partial charge in [0.25, 0.3) is 12.3 Å². The number of aromatic nitrogens is 4. The first-order valence-corrected chi connectivity index (χ1v) is 10.7. The first-order chi connectivity index (χ1) is 15.5. The number of H-pyrrole nitrogens is 1. The van der Waals surface area contributed by atoms with Crippen LogP contribution in [0.5, 0.6) is 0 Å². The molecule has 166 valence electrons. The lowest BCUT2D eigenvalue weighted by molar-refractivity contribution is 0.0694. The van der Waals surface area contributed by atoms with Gasteiger partial charge in [-0.15, -0.1) is 0 Å². The Morgan fingerprint density at radius 2 is 2.03 bits per heavy atom. The van der Waals surface area contributed by atoms with Crippen molar-refractivity contribution in [3.05, 3.63) is 60.2 Å². The van der Waals surface area contributed by atoms with Crippen LogP contribution in [-0.4, -0.2) is 49.3 Å². The highest BCUT2D eigenvalue weighted by Gasteiger charge is 2.28. The van der Waals surface area contributed by atoms with Gasteiger partial charge < -0.3 is 15.2 Å². The van der Waals surface area contributed by atoms with Crippen LogP contribution in [0.15, 0.2) is 48.9 Å². The lowest BCUT2D eigenvalue weighted by Crippen LogP contribution is -2.41. The fourth-order valence-electron chi connectivity index (χ4n) is 4.57. The summed E-state index contributed by atoms with van der Waals surface area (Å²) in [7, 11) is 1.86. The molecular weight excluding hydrogens is 414 g/mol. The quantitative estimate of drug-likeness (QED) is 0.476. The van der Waals surface area contributed by atoms with Crippen molar-refractivity contribution in [3.8, 4) is 0 Å². The first-order valence-electron chi connectivity index (χ1n) is 10.7. The molecule has 9 heteroatoms. The third-order valence-electron chi connectivity index (χ3n) is 6.34. The predicted octanol–water partition coefficient (Wildman–Crippen LogP) is 4.64. The van der Waals surface area contributed by atoms with Crippen LogP contribution in [0.1, 0.15) is 48.2 Å². The van der Waals surface area contributed by atoms with Crippen LogP contribution in [-0.2, 0) is 0 Å². The van der Waals surface area contributed by atoms with Gasteiger partial charge in [0.05, 0.1) is 5.56 Å². The van der Waals surface area contributed by atoms with Gasteiger partial charge in [0, 0.05) is 43.1 Å². The van der Waals surface area contributed by atoms with Gasteiger partial charge in [0.2, 0.25) is 0 Å². The predicted molar refractivity (Wildman–Crippen MR) is 118 cm³/mol. The van der Waals surface area contributed by atoms with Gasteiger partial charge in [-0.3, -0.25) is 9.20 Å². The van der Waals surface area contributed by atoms with E-state index in [1.54, 1.807) is 28.9 Å². The Bertz CT molecular complexity index is 1260. The number of amides is 1. The number of carbonyl (C=O) groups excluding carboxylic acids is 1. The Morgan fingerprint density at radius 3 is 2.81 bits per heavy atom. The van der Waals surface area contributed by atoms with Crippen LogP contribution in [0.25, 0.3) is 16.7 Å². The highest BCUT2D eigenvalue weighted by atomic mass is 19.3. The number of aromatic amines is 1.